The van der Waals surface area contributed by atoms with Crippen molar-refractivity contribution in [1.29, 1.82) is 0 Å². The Bertz CT molecular complexity index is 683. The Labute approximate surface area is 154 Å². The molecule has 0 saturated heterocycles. The third-order valence-corrected chi connectivity index (χ3v) is 4.31. The Morgan fingerprint density at radius 3 is 2.62 bits per heavy atom. The number of benzene rings is 1. The van der Waals surface area contributed by atoms with Crippen LogP contribution in [0.5, 0.6) is 5.75 Å². The van der Waals surface area contributed by atoms with Gasteiger partial charge >= 0.3 is 5.97 Å². The van der Waals surface area contributed by atoms with Crippen LogP contribution in [0.15, 0.2) is 18.2 Å². The maximum absolute atomic E-state index is 12.9. The van der Waals surface area contributed by atoms with E-state index in [4.69, 9.17) is 9.47 Å². The van der Waals surface area contributed by atoms with Crippen LogP contribution in [0.25, 0.3) is 0 Å². The first kappa shape index (κ1) is 19.9. The van der Waals surface area contributed by atoms with Crippen LogP contribution in [0.1, 0.15) is 57.3 Å². The largest absolute Gasteiger partial charge is 0.478 e. The summed E-state index contributed by atoms with van der Waals surface area (Å²) in [6, 6.07) is 5.00. The van der Waals surface area contributed by atoms with Crippen molar-refractivity contribution in [1.82, 2.24) is 0 Å². The smallest absolute Gasteiger partial charge is 0.326 e. The van der Waals surface area contributed by atoms with Gasteiger partial charge in [-0.05, 0) is 30.5 Å². The van der Waals surface area contributed by atoms with E-state index in [1.807, 2.05) is 20.8 Å². The highest BCUT2D eigenvalue weighted by Gasteiger charge is 2.37. The van der Waals surface area contributed by atoms with Crippen molar-refractivity contribution in [3.63, 3.8) is 0 Å². The molecule has 0 aliphatic carbocycles. The lowest BCUT2D eigenvalue weighted by molar-refractivity contribution is -0.143. The van der Waals surface area contributed by atoms with Gasteiger partial charge in [0.2, 0.25) is 0 Å². The van der Waals surface area contributed by atoms with Crippen LogP contribution in [0.4, 0.5) is 5.69 Å². The Morgan fingerprint density at radius 1 is 1.27 bits per heavy atom. The maximum atomic E-state index is 12.9. The molecular weight excluding hydrogens is 334 g/mol. The summed E-state index contributed by atoms with van der Waals surface area (Å²) in [6.07, 6.45) is 1.40. The molecule has 1 aliphatic rings. The molecule has 1 amide bonds. The molecule has 0 fully saturated rings. The number of Topliss-reactive ketones (excluding diaryl/α,β-unsaturated/α-hetero) is 1. The molecule has 1 atom stereocenters. The van der Waals surface area contributed by atoms with E-state index in [-0.39, 0.29) is 24.2 Å². The monoisotopic (exact) mass is 361 g/mol. The van der Waals surface area contributed by atoms with Crippen LogP contribution < -0.4 is 9.64 Å². The number of ketones is 1. The predicted molar refractivity (Wildman–Crippen MR) is 98.5 cm³/mol. The van der Waals surface area contributed by atoms with E-state index in [1.165, 1.54) is 4.90 Å². The highest BCUT2D eigenvalue weighted by molar-refractivity contribution is 6.05. The van der Waals surface area contributed by atoms with E-state index in [0.29, 0.717) is 30.0 Å². The van der Waals surface area contributed by atoms with Crippen LogP contribution in [-0.4, -0.2) is 36.9 Å². The topological polar surface area (TPSA) is 72.9 Å². The van der Waals surface area contributed by atoms with Crippen LogP contribution in [0.2, 0.25) is 0 Å². The van der Waals surface area contributed by atoms with Crippen LogP contribution in [0.3, 0.4) is 0 Å². The highest BCUT2D eigenvalue weighted by atomic mass is 16.5. The van der Waals surface area contributed by atoms with Gasteiger partial charge in [0.25, 0.3) is 5.91 Å². The minimum atomic E-state index is -0.668. The van der Waals surface area contributed by atoms with E-state index in [0.717, 1.165) is 12.8 Å². The fourth-order valence-electron chi connectivity index (χ4n) is 2.75. The molecule has 142 valence electrons. The number of carbonyl (C=O) groups is 3. The Kier molecular flexibility index (Phi) is 6.77. The molecule has 1 aliphatic heterocycles. The molecule has 1 unspecified atom stereocenters. The van der Waals surface area contributed by atoms with Crippen molar-refractivity contribution in [3.8, 4) is 5.75 Å². The van der Waals surface area contributed by atoms with Crippen LogP contribution in [0, 0.1) is 5.92 Å². The molecule has 0 bridgehead atoms. The standard InChI is InChI=1S/C20H27NO5/c1-5-7-10-25-18(23)12-21-15-11-14(16(22)6-2)8-9-17(15)26-19(13(3)4)20(21)24/h8-9,11,13,19H,5-7,10,12H2,1-4H3. The van der Waals surface area contributed by atoms with Gasteiger partial charge in [0.05, 0.1) is 12.3 Å². The summed E-state index contributed by atoms with van der Waals surface area (Å²) in [7, 11) is 0. The highest BCUT2D eigenvalue weighted by Crippen LogP contribution is 2.36. The van der Waals surface area contributed by atoms with E-state index < -0.39 is 12.1 Å². The quantitative estimate of drug-likeness (QED) is 0.403. The summed E-state index contributed by atoms with van der Waals surface area (Å²) in [5.74, 6) is -0.337. The molecule has 0 saturated carbocycles. The number of fused-ring (bicyclic) bond motifs is 1. The second kappa shape index (κ2) is 8.83. The van der Waals surface area contributed by atoms with Crippen LogP contribution >= 0.6 is 0 Å². The van der Waals surface area contributed by atoms with Gasteiger partial charge in [-0.25, -0.2) is 0 Å². The van der Waals surface area contributed by atoms with Crippen molar-refractivity contribution in [2.75, 3.05) is 18.1 Å². The molecule has 6 heteroatoms. The lowest BCUT2D eigenvalue weighted by Gasteiger charge is -2.35. The van der Waals surface area contributed by atoms with Crippen molar-refractivity contribution in [3.05, 3.63) is 23.8 Å². The number of esters is 1. The zero-order chi connectivity index (χ0) is 19.3. The zero-order valence-electron chi connectivity index (χ0n) is 15.9. The second-order valence-electron chi connectivity index (χ2n) is 6.74. The van der Waals surface area contributed by atoms with Crippen molar-refractivity contribution < 1.29 is 23.9 Å². The average Bonchev–Trinajstić information content (AvgIpc) is 2.62. The summed E-state index contributed by atoms with van der Waals surface area (Å²) < 4.78 is 11.0. The molecule has 6 nitrogen and oxygen atoms in total. The maximum Gasteiger partial charge on any atom is 0.326 e. The Hall–Kier alpha value is -2.37. The van der Waals surface area contributed by atoms with Gasteiger partial charge in [-0.3, -0.25) is 19.3 Å². The summed E-state index contributed by atoms with van der Waals surface area (Å²) >= 11 is 0. The molecule has 1 aromatic carbocycles. The first-order valence-corrected chi connectivity index (χ1v) is 9.19. The molecule has 0 aromatic heterocycles. The summed E-state index contributed by atoms with van der Waals surface area (Å²) in [4.78, 5) is 38.4. The van der Waals surface area contributed by atoms with Gasteiger partial charge in [-0.2, -0.15) is 0 Å². The van der Waals surface area contributed by atoms with Gasteiger partial charge < -0.3 is 9.47 Å². The van der Waals surface area contributed by atoms with Gasteiger partial charge in [-0.15, -0.1) is 0 Å². The Morgan fingerprint density at radius 2 is 2.00 bits per heavy atom. The molecule has 0 spiro atoms. The number of unbranched alkanes of at least 4 members (excludes halogenated alkanes) is 1. The number of nitrogens with zero attached hydrogens (tertiary/aromatic N) is 1. The molecule has 2 rings (SSSR count). The first-order chi connectivity index (χ1) is 12.4. The SMILES string of the molecule is CCCCOC(=O)CN1C(=O)C(C(C)C)Oc2ccc(C(=O)CC)cc21. The number of rotatable bonds is 8. The number of hydrogen-bond donors (Lipinski definition) is 0. The molecule has 1 heterocycles. The fraction of sp³-hybridized carbons (Fsp3) is 0.550. The molecule has 26 heavy (non-hydrogen) atoms. The summed E-state index contributed by atoms with van der Waals surface area (Å²) in [6.45, 7) is 7.71. The summed E-state index contributed by atoms with van der Waals surface area (Å²) in [5.41, 5.74) is 0.939. The van der Waals surface area contributed by atoms with Gasteiger partial charge in [-0.1, -0.05) is 34.1 Å². The van der Waals surface area contributed by atoms with Crippen molar-refractivity contribution in [2.24, 2.45) is 5.92 Å². The van der Waals surface area contributed by atoms with Crippen molar-refractivity contribution >= 4 is 23.3 Å². The molecule has 0 radical (unpaired) electrons. The van der Waals surface area contributed by atoms with Gasteiger partial charge in [0.15, 0.2) is 11.9 Å². The minimum absolute atomic E-state index is 0.0308. The molecule has 0 N–H and O–H groups in total. The van der Waals surface area contributed by atoms with Crippen LogP contribution in [-0.2, 0) is 14.3 Å². The van der Waals surface area contributed by atoms with E-state index in [9.17, 15) is 14.4 Å². The van der Waals surface area contributed by atoms with Gasteiger partial charge in [0, 0.05) is 12.0 Å². The lowest BCUT2D eigenvalue weighted by atomic mass is 10.0. The number of anilines is 1. The Balaban J connectivity index is 2.32. The van der Waals surface area contributed by atoms with E-state index in [2.05, 4.69) is 0 Å². The number of hydrogen-bond acceptors (Lipinski definition) is 5. The number of ether oxygens (including phenoxy) is 2. The fourth-order valence-corrected chi connectivity index (χ4v) is 2.75. The number of carbonyl (C=O) groups excluding carboxylic acids is 3. The van der Waals surface area contributed by atoms with Crippen molar-refractivity contribution in [2.45, 2.75) is 53.1 Å². The zero-order valence-corrected chi connectivity index (χ0v) is 15.9. The third-order valence-electron chi connectivity index (χ3n) is 4.31. The molecular formula is C20H27NO5. The van der Waals surface area contributed by atoms with E-state index >= 15 is 0 Å². The summed E-state index contributed by atoms with van der Waals surface area (Å²) in [5, 5.41) is 0. The molecule has 1 aromatic rings. The normalized spacial score (nSPS) is 16.3. The lowest BCUT2D eigenvalue weighted by Crippen LogP contribution is -2.50. The second-order valence-corrected chi connectivity index (χ2v) is 6.74. The predicted octanol–water partition coefficient (Wildman–Crippen LogP) is 3.37. The number of amides is 1. The third kappa shape index (κ3) is 4.42. The first-order valence-electron chi connectivity index (χ1n) is 9.19. The average molecular weight is 361 g/mol. The van der Waals surface area contributed by atoms with Gasteiger partial charge in [0.1, 0.15) is 12.3 Å². The van der Waals surface area contributed by atoms with E-state index in [1.54, 1.807) is 25.1 Å². The minimum Gasteiger partial charge on any atom is -0.478 e.